The van der Waals surface area contributed by atoms with Crippen molar-refractivity contribution in [2.75, 3.05) is 19.6 Å². The molecule has 5 heteroatoms. The summed E-state index contributed by atoms with van der Waals surface area (Å²) in [4.78, 5) is 2.57. The van der Waals surface area contributed by atoms with Crippen LogP contribution in [-0.2, 0) is 20.0 Å². The van der Waals surface area contributed by atoms with Gasteiger partial charge in [0.1, 0.15) is 0 Å². The molecule has 0 aromatic carbocycles. The van der Waals surface area contributed by atoms with Gasteiger partial charge in [0.05, 0.1) is 15.9 Å². The molecule has 2 heterocycles. The van der Waals surface area contributed by atoms with Crippen LogP contribution in [0.2, 0.25) is 0 Å². The Hall–Kier alpha value is -0.390. The van der Waals surface area contributed by atoms with Gasteiger partial charge in [0, 0.05) is 26.2 Å². The molecule has 0 spiro atoms. The van der Waals surface area contributed by atoms with E-state index in [0.29, 0.717) is 11.5 Å². The van der Waals surface area contributed by atoms with Crippen molar-refractivity contribution in [2.45, 2.75) is 53.1 Å². The molecule has 1 unspecified atom stereocenters. The quantitative estimate of drug-likeness (QED) is 0.903. The lowest BCUT2D eigenvalue weighted by Gasteiger charge is -2.33. The Balaban J connectivity index is 2.13. The number of rotatable bonds is 3. The highest BCUT2D eigenvalue weighted by atomic mass is 79.9. The second-order valence-electron chi connectivity index (χ2n) is 7.15. The molecule has 0 aliphatic carbocycles. The van der Waals surface area contributed by atoms with E-state index in [2.05, 4.69) is 66.0 Å². The minimum absolute atomic E-state index is 0.293. The van der Waals surface area contributed by atoms with Crippen LogP contribution in [0.5, 0.6) is 0 Å². The van der Waals surface area contributed by atoms with E-state index in [0.717, 1.165) is 38.3 Å². The summed E-state index contributed by atoms with van der Waals surface area (Å²) in [5.74, 6) is 0. The topological polar surface area (TPSA) is 33.1 Å². The molecular formula is C16H29BrN4. The number of halogens is 1. The predicted octanol–water partition coefficient (Wildman–Crippen LogP) is 2.96. The average molecular weight is 357 g/mol. The van der Waals surface area contributed by atoms with Gasteiger partial charge in [-0.15, -0.1) is 0 Å². The molecule has 1 fully saturated rings. The lowest BCUT2D eigenvalue weighted by Crippen LogP contribution is -2.46. The van der Waals surface area contributed by atoms with Gasteiger partial charge in [-0.2, -0.15) is 5.10 Å². The molecule has 0 saturated carbocycles. The number of nitrogens with one attached hydrogen (secondary N) is 1. The van der Waals surface area contributed by atoms with Crippen molar-refractivity contribution in [1.82, 2.24) is 20.0 Å². The summed E-state index contributed by atoms with van der Waals surface area (Å²) >= 11 is 3.74. The predicted molar refractivity (Wildman–Crippen MR) is 91.4 cm³/mol. The molecule has 0 amide bonds. The molecule has 2 rings (SSSR count). The van der Waals surface area contributed by atoms with Gasteiger partial charge < -0.3 is 5.32 Å². The molecule has 1 aromatic heterocycles. The van der Waals surface area contributed by atoms with Crippen LogP contribution in [0.3, 0.4) is 0 Å². The summed E-state index contributed by atoms with van der Waals surface area (Å²) in [5, 5.41) is 8.32. The van der Waals surface area contributed by atoms with E-state index < -0.39 is 0 Å². The summed E-state index contributed by atoms with van der Waals surface area (Å²) in [6.07, 6.45) is 2.18. The fraction of sp³-hybridized carbons (Fsp3) is 0.812. The fourth-order valence-corrected chi connectivity index (χ4v) is 3.66. The molecule has 4 nitrogen and oxygen atoms in total. The zero-order valence-corrected chi connectivity index (χ0v) is 15.6. The van der Waals surface area contributed by atoms with Gasteiger partial charge in [-0.05, 0) is 47.3 Å². The van der Waals surface area contributed by atoms with Crippen molar-refractivity contribution >= 4 is 15.9 Å². The number of nitrogens with zero attached hydrogens (tertiary/aromatic N) is 3. The van der Waals surface area contributed by atoms with E-state index in [4.69, 9.17) is 0 Å². The lowest BCUT2D eigenvalue weighted by atomic mass is 9.86. The molecular weight excluding hydrogens is 328 g/mol. The van der Waals surface area contributed by atoms with Gasteiger partial charge in [-0.3, -0.25) is 9.58 Å². The first-order valence-electron chi connectivity index (χ1n) is 7.99. The highest BCUT2D eigenvalue weighted by Crippen LogP contribution is 2.26. The summed E-state index contributed by atoms with van der Waals surface area (Å²) in [7, 11) is 2.05. The van der Waals surface area contributed by atoms with E-state index in [-0.39, 0.29) is 0 Å². The van der Waals surface area contributed by atoms with Crippen LogP contribution in [0.1, 0.15) is 45.5 Å². The monoisotopic (exact) mass is 356 g/mol. The van der Waals surface area contributed by atoms with Gasteiger partial charge in [-0.25, -0.2) is 0 Å². The summed E-state index contributed by atoms with van der Waals surface area (Å²) in [6, 6.07) is 0.539. The van der Waals surface area contributed by atoms with Crippen molar-refractivity contribution in [3.8, 4) is 0 Å². The molecule has 1 N–H and O–H groups in total. The Morgan fingerprint density at radius 1 is 1.38 bits per heavy atom. The van der Waals surface area contributed by atoms with E-state index in [1.54, 1.807) is 0 Å². The van der Waals surface area contributed by atoms with Crippen LogP contribution in [0.25, 0.3) is 0 Å². The second kappa shape index (κ2) is 6.80. The Labute approximate surface area is 137 Å². The Kier molecular flexibility index (Phi) is 5.49. The first-order valence-corrected chi connectivity index (χ1v) is 8.78. The smallest absolute Gasteiger partial charge is 0.0767 e. The molecule has 1 aromatic rings. The maximum atomic E-state index is 4.61. The van der Waals surface area contributed by atoms with Crippen LogP contribution >= 0.6 is 15.9 Å². The third-order valence-corrected chi connectivity index (χ3v) is 5.32. The normalized spacial score (nSPS) is 21.5. The molecule has 0 bridgehead atoms. The van der Waals surface area contributed by atoms with Gasteiger partial charge in [0.25, 0.3) is 0 Å². The molecule has 0 radical (unpaired) electrons. The van der Waals surface area contributed by atoms with Crippen molar-refractivity contribution in [3.05, 3.63) is 15.9 Å². The van der Waals surface area contributed by atoms with Gasteiger partial charge in [0.15, 0.2) is 0 Å². The molecule has 1 atom stereocenters. The Morgan fingerprint density at radius 3 is 2.67 bits per heavy atom. The standard InChI is InChI=1S/C16H29BrN4/c1-6-12-15(17)13(20(5)19-12)10-21-9-7-8-18-14(11-21)16(2,3)4/h14,18H,6-11H2,1-5H3. The van der Waals surface area contributed by atoms with Crippen LogP contribution in [0.15, 0.2) is 4.47 Å². The van der Waals surface area contributed by atoms with E-state index in [1.165, 1.54) is 16.6 Å². The SMILES string of the molecule is CCc1nn(C)c(CN2CCCNC(C(C)(C)C)C2)c1Br. The van der Waals surface area contributed by atoms with Crippen molar-refractivity contribution in [1.29, 1.82) is 0 Å². The Morgan fingerprint density at radius 2 is 2.10 bits per heavy atom. The minimum atomic E-state index is 0.293. The van der Waals surface area contributed by atoms with E-state index in [1.807, 2.05) is 4.68 Å². The van der Waals surface area contributed by atoms with Gasteiger partial charge in [-0.1, -0.05) is 27.7 Å². The van der Waals surface area contributed by atoms with Crippen LogP contribution in [-0.4, -0.2) is 40.4 Å². The van der Waals surface area contributed by atoms with E-state index >= 15 is 0 Å². The Bertz CT molecular complexity index is 475. The lowest BCUT2D eigenvalue weighted by molar-refractivity contribution is 0.189. The summed E-state index contributed by atoms with van der Waals surface area (Å²) in [5.41, 5.74) is 2.75. The maximum absolute atomic E-state index is 4.61. The number of aryl methyl sites for hydroxylation is 2. The van der Waals surface area contributed by atoms with E-state index in [9.17, 15) is 0 Å². The largest absolute Gasteiger partial charge is 0.312 e. The van der Waals surface area contributed by atoms with Crippen molar-refractivity contribution in [2.24, 2.45) is 12.5 Å². The zero-order chi connectivity index (χ0) is 15.6. The molecule has 120 valence electrons. The maximum Gasteiger partial charge on any atom is 0.0767 e. The van der Waals surface area contributed by atoms with Gasteiger partial charge >= 0.3 is 0 Å². The number of hydrogen-bond acceptors (Lipinski definition) is 3. The van der Waals surface area contributed by atoms with Gasteiger partial charge in [0.2, 0.25) is 0 Å². The van der Waals surface area contributed by atoms with Crippen LogP contribution in [0, 0.1) is 5.41 Å². The first kappa shape index (κ1) is 17.0. The number of hydrogen-bond donors (Lipinski definition) is 1. The van der Waals surface area contributed by atoms with Crippen molar-refractivity contribution in [3.63, 3.8) is 0 Å². The van der Waals surface area contributed by atoms with Crippen LogP contribution < -0.4 is 5.32 Å². The third-order valence-electron chi connectivity index (χ3n) is 4.40. The van der Waals surface area contributed by atoms with Crippen LogP contribution in [0.4, 0.5) is 0 Å². The average Bonchev–Trinajstić information content (AvgIpc) is 2.60. The summed E-state index contributed by atoms with van der Waals surface area (Å²) in [6.45, 7) is 13.5. The molecule has 1 aliphatic rings. The second-order valence-corrected chi connectivity index (χ2v) is 7.94. The number of aromatic nitrogens is 2. The third kappa shape index (κ3) is 4.08. The molecule has 21 heavy (non-hydrogen) atoms. The van der Waals surface area contributed by atoms with Crippen molar-refractivity contribution < 1.29 is 0 Å². The highest BCUT2D eigenvalue weighted by Gasteiger charge is 2.28. The zero-order valence-electron chi connectivity index (χ0n) is 14.0. The molecule has 1 saturated heterocycles. The minimum Gasteiger partial charge on any atom is -0.312 e. The molecule has 1 aliphatic heterocycles. The fourth-order valence-electron chi connectivity index (χ4n) is 2.92. The summed E-state index contributed by atoms with van der Waals surface area (Å²) < 4.78 is 3.23. The highest BCUT2D eigenvalue weighted by molar-refractivity contribution is 9.10. The first-order chi connectivity index (χ1) is 9.82.